The summed E-state index contributed by atoms with van der Waals surface area (Å²) >= 11 is 1.71. The second-order valence-corrected chi connectivity index (χ2v) is 10.1. The molecule has 176 valence electrons. The molecule has 0 aliphatic carbocycles. The Hall–Kier alpha value is -2.63. The molecule has 3 N–H and O–H groups in total. The Morgan fingerprint density at radius 1 is 1.06 bits per heavy atom. The summed E-state index contributed by atoms with van der Waals surface area (Å²) in [6.45, 7) is 6.49. The van der Waals surface area contributed by atoms with Crippen molar-refractivity contribution in [3.63, 3.8) is 0 Å². The van der Waals surface area contributed by atoms with E-state index in [4.69, 9.17) is 22.6 Å². The van der Waals surface area contributed by atoms with Crippen LogP contribution in [0.1, 0.15) is 30.9 Å². The predicted octanol–water partition coefficient (Wildman–Crippen LogP) is 4.46. The number of aromatic nitrogens is 1. The van der Waals surface area contributed by atoms with Gasteiger partial charge in [-0.3, -0.25) is 18.8 Å². The zero-order valence-corrected chi connectivity index (χ0v) is 19.9. The maximum atomic E-state index is 10.9. The molecule has 33 heavy (non-hydrogen) atoms. The predicted molar refractivity (Wildman–Crippen MR) is 128 cm³/mol. The van der Waals surface area contributed by atoms with Gasteiger partial charge in [-0.2, -0.15) is 8.42 Å². The summed E-state index contributed by atoms with van der Waals surface area (Å²) in [5.41, 5.74) is 4.87. The highest BCUT2D eigenvalue weighted by molar-refractivity contribution is 7.79. The molecular weight excluding hydrogens is 464 g/mol. The normalized spacial score (nSPS) is 14.5. The molecule has 1 aliphatic heterocycles. The second kappa shape index (κ2) is 10.5. The van der Waals surface area contributed by atoms with E-state index >= 15 is 0 Å². The molecule has 0 unspecified atom stereocenters. The van der Waals surface area contributed by atoms with Crippen LogP contribution in [0.5, 0.6) is 0 Å². The summed E-state index contributed by atoms with van der Waals surface area (Å²) in [7, 11) is -4.67. The lowest BCUT2D eigenvalue weighted by atomic mass is 9.99. The number of hydrogen-bond acceptors (Lipinski definition) is 6. The van der Waals surface area contributed by atoms with E-state index in [1.807, 2.05) is 6.20 Å². The van der Waals surface area contributed by atoms with Gasteiger partial charge in [0.2, 0.25) is 0 Å². The van der Waals surface area contributed by atoms with Crippen LogP contribution in [0.3, 0.4) is 0 Å². The quantitative estimate of drug-likeness (QED) is 0.432. The zero-order chi connectivity index (χ0) is 24.2. The van der Waals surface area contributed by atoms with E-state index in [1.165, 1.54) is 21.6 Å². The fourth-order valence-electron chi connectivity index (χ4n) is 3.44. The molecule has 1 aliphatic rings. The maximum absolute atomic E-state index is 10.9. The molecule has 0 atom stereocenters. The molecule has 0 saturated carbocycles. The van der Waals surface area contributed by atoms with Gasteiger partial charge in [0.05, 0.1) is 10.8 Å². The number of carbonyl (C=O) groups is 1. The van der Waals surface area contributed by atoms with Crippen LogP contribution < -0.4 is 0 Å². The van der Waals surface area contributed by atoms with Crippen LogP contribution >= 0.6 is 11.3 Å². The van der Waals surface area contributed by atoms with E-state index in [-0.39, 0.29) is 5.92 Å². The minimum absolute atomic E-state index is 0.206. The van der Waals surface area contributed by atoms with E-state index < -0.39 is 16.4 Å². The second-order valence-electron chi connectivity index (χ2n) is 8.18. The van der Waals surface area contributed by atoms with Gasteiger partial charge < -0.3 is 5.11 Å². The van der Waals surface area contributed by atoms with E-state index in [9.17, 15) is 4.79 Å². The first-order valence-corrected chi connectivity index (χ1v) is 12.5. The molecular formula is C23H26N2O6S2. The fraction of sp³-hybridized carbons (Fsp3) is 0.304. The SMILES string of the molecule is CC(C)c1ccc(-c2cnc(-c3ccc(CN4CC(C(=O)O)C4)cc3)s2)cc1.O=S(=O)(O)O. The summed E-state index contributed by atoms with van der Waals surface area (Å²) in [5, 5.41) is 9.99. The molecule has 8 nitrogen and oxygen atoms in total. The Morgan fingerprint density at radius 2 is 1.61 bits per heavy atom. The van der Waals surface area contributed by atoms with Crippen LogP contribution in [0.15, 0.2) is 54.7 Å². The number of thiazole rings is 1. The first kappa shape index (κ1) is 25.0. The van der Waals surface area contributed by atoms with Gasteiger partial charge in [-0.25, -0.2) is 4.98 Å². The molecule has 0 radical (unpaired) electrons. The largest absolute Gasteiger partial charge is 0.481 e. The Morgan fingerprint density at radius 3 is 2.12 bits per heavy atom. The molecule has 1 saturated heterocycles. The molecule has 0 amide bonds. The smallest absolute Gasteiger partial charge is 0.394 e. The van der Waals surface area contributed by atoms with Crippen molar-refractivity contribution in [1.82, 2.24) is 9.88 Å². The van der Waals surface area contributed by atoms with Crippen molar-refractivity contribution in [2.75, 3.05) is 13.1 Å². The molecule has 0 bridgehead atoms. The average molecular weight is 491 g/mol. The summed E-state index contributed by atoms with van der Waals surface area (Å²) in [6, 6.07) is 17.2. The Labute approximate surface area is 197 Å². The molecule has 1 fully saturated rings. The maximum Gasteiger partial charge on any atom is 0.394 e. The summed E-state index contributed by atoms with van der Waals surface area (Å²) in [5.74, 6) is -0.358. The van der Waals surface area contributed by atoms with Gasteiger partial charge in [-0.15, -0.1) is 11.3 Å². The Bertz CT molecular complexity index is 1170. The zero-order valence-electron chi connectivity index (χ0n) is 18.2. The lowest BCUT2D eigenvalue weighted by Crippen LogP contribution is -2.49. The molecule has 4 rings (SSSR count). The topological polar surface area (TPSA) is 128 Å². The third-order valence-electron chi connectivity index (χ3n) is 5.28. The first-order valence-electron chi connectivity index (χ1n) is 10.3. The molecule has 2 heterocycles. The van der Waals surface area contributed by atoms with Gasteiger partial charge in [-0.05, 0) is 22.6 Å². The van der Waals surface area contributed by atoms with E-state index in [1.54, 1.807) is 11.3 Å². The van der Waals surface area contributed by atoms with E-state index in [2.05, 4.69) is 72.3 Å². The van der Waals surface area contributed by atoms with Crippen molar-refractivity contribution in [2.45, 2.75) is 26.3 Å². The van der Waals surface area contributed by atoms with Gasteiger partial charge >= 0.3 is 16.4 Å². The summed E-state index contributed by atoms with van der Waals surface area (Å²) < 4.78 is 31.6. The van der Waals surface area contributed by atoms with E-state index in [0.717, 1.165) is 17.1 Å². The van der Waals surface area contributed by atoms with Crippen LogP contribution in [-0.2, 0) is 21.7 Å². The minimum atomic E-state index is -4.67. The number of aliphatic carboxylic acids is 1. The molecule has 2 aromatic carbocycles. The van der Waals surface area contributed by atoms with Crippen LogP contribution in [0.2, 0.25) is 0 Å². The van der Waals surface area contributed by atoms with Gasteiger partial charge in [0, 0.05) is 31.4 Å². The highest BCUT2D eigenvalue weighted by Gasteiger charge is 2.32. The lowest BCUT2D eigenvalue weighted by molar-refractivity contribution is -0.147. The van der Waals surface area contributed by atoms with Crippen LogP contribution in [0.25, 0.3) is 21.0 Å². The summed E-state index contributed by atoms with van der Waals surface area (Å²) in [6.07, 6.45) is 1.95. The third-order valence-corrected chi connectivity index (χ3v) is 6.38. The minimum Gasteiger partial charge on any atom is -0.481 e. The number of benzene rings is 2. The van der Waals surface area contributed by atoms with Gasteiger partial charge in [0.15, 0.2) is 0 Å². The number of carboxylic acid groups (broad SMARTS) is 1. The number of likely N-dealkylation sites (tertiary alicyclic amines) is 1. The molecule has 10 heteroatoms. The first-order chi connectivity index (χ1) is 15.5. The van der Waals surface area contributed by atoms with Crippen molar-refractivity contribution in [3.8, 4) is 21.0 Å². The Kier molecular flexibility index (Phi) is 7.98. The van der Waals surface area contributed by atoms with Gasteiger partial charge in [-0.1, -0.05) is 62.4 Å². The number of rotatable bonds is 6. The van der Waals surface area contributed by atoms with Gasteiger partial charge in [0.1, 0.15) is 5.01 Å². The fourth-order valence-corrected chi connectivity index (χ4v) is 4.37. The van der Waals surface area contributed by atoms with Crippen LogP contribution in [0.4, 0.5) is 0 Å². The molecule has 3 aromatic rings. The molecule has 1 aromatic heterocycles. The standard InChI is InChI=1S/C23H24N2O2S.H2O4S/c1-15(2)17-7-9-18(10-8-17)21-11-24-22(28-21)19-5-3-16(4-6-19)12-25-13-20(14-25)23(26)27;1-5(2,3)4/h3-11,15,20H,12-14H2,1-2H3,(H,26,27);(H2,1,2,3,4). The van der Waals surface area contributed by atoms with Crippen molar-refractivity contribution >= 4 is 27.7 Å². The molecule has 0 spiro atoms. The van der Waals surface area contributed by atoms with Crippen molar-refractivity contribution < 1.29 is 27.4 Å². The van der Waals surface area contributed by atoms with Crippen LogP contribution in [0, 0.1) is 5.92 Å². The van der Waals surface area contributed by atoms with Crippen molar-refractivity contribution in [3.05, 3.63) is 65.9 Å². The number of nitrogens with zero attached hydrogens (tertiary/aromatic N) is 2. The third kappa shape index (κ3) is 7.44. The van der Waals surface area contributed by atoms with Crippen molar-refractivity contribution in [2.24, 2.45) is 5.92 Å². The van der Waals surface area contributed by atoms with Crippen LogP contribution in [-0.4, -0.2) is 51.6 Å². The van der Waals surface area contributed by atoms with E-state index in [0.29, 0.717) is 19.0 Å². The lowest BCUT2D eigenvalue weighted by Gasteiger charge is -2.36. The monoisotopic (exact) mass is 490 g/mol. The number of carboxylic acids is 1. The summed E-state index contributed by atoms with van der Waals surface area (Å²) in [4.78, 5) is 18.8. The Balaban J connectivity index is 0.000000555. The highest BCUT2D eigenvalue weighted by atomic mass is 32.3. The van der Waals surface area contributed by atoms with Crippen molar-refractivity contribution in [1.29, 1.82) is 0 Å². The number of hydrogen-bond donors (Lipinski definition) is 3. The van der Waals surface area contributed by atoms with Gasteiger partial charge in [0.25, 0.3) is 0 Å². The highest BCUT2D eigenvalue weighted by Crippen LogP contribution is 2.33. The average Bonchev–Trinajstić information content (AvgIpc) is 3.19.